The van der Waals surface area contributed by atoms with Gasteiger partial charge in [-0.2, -0.15) is 5.26 Å². The average molecular weight is 261 g/mol. The van der Waals surface area contributed by atoms with E-state index in [0.717, 1.165) is 6.07 Å². The maximum absolute atomic E-state index is 12.5. The van der Waals surface area contributed by atoms with Gasteiger partial charge in [-0.1, -0.05) is 11.6 Å². The molecule has 0 aliphatic carbocycles. The van der Waals surface area contributed by atoms with Gasteiger partial charge >= 0.3 is 5.97 Å². The van der Waals surface area contributed by atoms with Crippen molar-refractivity contribution in [3.8, 4) is 6.07 Å². The summed E-state index contributed by atoms with van der Waals surface area (Å²) in [6.45, 7) is 1.62. The lowest BCUT2D eigenvalue weighted by Gasteiger charge is -2.07. The van der Waals surface area contributed by atoms with Crippen LogP contribution in [0.2, 0.25) is 5.15 Å². The van der Waals surface area contributed by atoms with Crippen LogP contribution in [-0.4, -0.2) is 17.6 Å². The standard InChI is InChI=1S/C10H7ClF2N2O2/c1-2-17-10(16)5-3-6(9(12)13)8(11)15-7(5)4-14/h3,9H,2H2,1H3. The van der Waals surface area contributed by atoms with Crippen LogP contribution in [0.5, 0.6) is 0 Å². The first-order chi connectivity index (χ1) is 8.01. The molecule has 1 rings (SSSR count). The fourth-order valence-electron chi connectivity index (χ4n) is 1.11. The second kappa shape index (κ2) is 5.55. The van der Waals surface area contributed by atoms with Crippen molar-refractivity contribution in [3.63, 3.8) is 0 Å². The molecule has 0 atom stereocenters. The molecule has 0 aliphatic heterocycles. The highest BCUT2D eigenvalue weighted by Crippen LogP contribution is 2.27. The Hall–Kier alpha value is -1.74. The summed E-state index contributed by atoms with van der Waals surface area (Å²) < 4.78 is 29.7. The minimum absolute atomic E-state index is 0.0658. The summed E-state index contributed by atoms with van der Waals surface area (Å²) in [6, 6.07) is 2.43. The van der Waals surface area contributed by atoms with Crippen molar-refractivity contribution in [1.82, 2.24) is 4.98 Å². The summed E-state index contributed by atoms with van der Waals surface area (Å²) in [4.78, 5) is 14.8. The Bertz CT molecular complexity index is 486. The van der Waals surface area contributed by atoms with Gasteiger partial charge in [-0.25, -0.2) is 18.6 Å². The Morgan fingerprint density at radius 2 is 2.35 bits per heavy atom. The normalized spacial score (nSPS) is 10.1. The fraction of sp³-hybridized carbons (Fsp3) is 0.300. The van der Waals surface area contributed by atoms with Crippen LogP contribution in [0.15, 0.2) is 6.07 Å². The second-order valence-electron chi connectivity index (χ2n) is 2.90. The van der Waals surface area contributed by atoms with Gasteiger partial charge in [0.2, 0.25) is 0 Å². The van der Waals surface area contributed by atoms with E-state index in [-0.39, 0.29) is 17.9 Å². The number of alkyl halides is 2. The quantitative estimate of drug-likeness (QED) is 0.619. The lowest BCUT2D eigenvalue weighted by molar-refractivity contribution is 0.0525. The van der Waals surface area contributed by atoms with Crippen LogP contribution in [-0.2, 0) is 4.74 Å². The molecule has 0 N–H and O–H groups in total. The average Bonchev–Trinajstić information content (AvgIpc) is 2.28. The minimum atomic E-state index is -2.88. The zero-order valence-corrected chi connectivity index (χ0v) is 9.46. The SMILES string of the molecule is CCOC(=O)c1cc(C(F)F)c(Cl)nc1C#N. The number of nitriles is 1. The van der Waals surface area contributed by atoms with Crippen molar-refractivity contribution in [2.45, 2.75) is 13.3 Å². The third-order valence-electron chi connectivity index (χ3n) is 1.84. The lowest BCUT2D eigenvalue weighted by atomic mass is 10.1. The van der Waals surface area contributed by atoms with E-state index < -0.39 is 23.1 Å². The van der Waals surface area contributed by atoms with Crippen LogP contribution in [0.4, 0.5) is 8.78 Å². The van der Waals surface area contributed by atoms with Gasteiger partial charge in [0, 0.05) is 0 Å². The molecule has 0 bridgehead atoms. The van der Waals surface area contributed by atoms with E-state index in [4.69, 9.17) is 16.9 Å². The number of hydrogen-bond acceptors (Lipinski definition) is 4. The van der Waals surface area contributed by atoms with Crippen molar-refractivity contribution in [2.75, 3.05) is 6.61 Å². The van der Waals surface area contributed by atoms with E-state index in [0.29, 0.717) is 0 Å². The molecular formula is C10H7ClF2N2O2. The molecule has 0 radical (unpaired) electrons. The first kappa shape index (κ1) is 13.3. The van der Waals surface area contributed by atoms with Crippen LogP contribution in [0.1, 0.15) is 35.0 Å². The third-order valence-corrected chi connectivity index (χ3v) is 2.14. The van der Waals surface area contributed by atoms with Crippen molar-refractivity contribution < 1.29 is 18.3 Å². The third kappa shape index (κ3) is 2.88. The van der Waals surface area contributed by atoms with Crippen LogP contribution in [0.3, 0.4) is 0 Å². The highest BCUT2D eigenvalue weighted by molar-refractivity contribution is 6.30. The molecule has 1 aromatic rings. The molecule has 0 unspecified atom stereocenters. The van der Waals surface area contributed by atoms with Crippen molar-refractivity contribution in [1.29, 1.82) is 5.26 Å². The number of rotatable bonds is 3. The molecule has 17 heavy (non-hydrogen) atoms. The molecule has 1 aromatic heterocycles. The van der Waals surface area contributed by atoms with Gasteiger partial charge in [0.25, 0.3) is 6.43 Å². The van der Waals surface area contributed by atoms with Gasteiger partial charge in [-0.05, 0) is 13.0 Å². The van der Waals surface area contributed by atoms with E-state index in [9.17, 15) is 13.6 Å². The zero-order chi connectivity index (χ0) is 13.0. The maximum Gasteiger partial charge on any atom is 0.341 e. The van der Waals surface area contributed by atoms with Gasteiger partial charge < -0.3 is 4.74 Å². The van der Waals surface area contributed by atoms with Gasteiger partial charge in [-0.15, -0.1) is 0 Å². The van der Waals surface area contributed by atoms with E-state index in [1.165, 1.54) is 0 Å². The predicted molar refractivity (Wildman–Crippen MR) is 54.9 cm³/mol. The summed E-state index contributed by atoms with van der Waals surface area (Å²) in [5, 5.41) is 8.23. The molecule has 0 amide bonds. The van der Waals surface area contributed by atoms with Gasteiger partial charge in [0.05, 0.1) is 17.7 Å². The Kier molecular flexibility index (Phi) is 4.35. The smallest absolute Gasteiger partial charge is 0.341 e. The molecule has 0 spiro atoms. The van der Waals surface area contributed by atoms with E-state index in [1.54, 1.807) is 13.0 Å². The van der Waals surface area contributed by atoms with E-state index >= 15 is 0 Å². The van der Waals surface area contributed by atoms with Gasteiger partial charge in [-0.3, -0.25) is 0 Å². The summed E-state index contributed by atoms with van der Waals surface area (Å²) in [7, 11) is 0. The largest absolute Gasteiger partial charge is 0.462 e. The molecule has 0 aromatic carbocycles. The van der Waals surface area contributed by atoms with Crippen molar-refractivity contribution >= 4 is 17.6 Å². The number of aromatic nitrogens is 1. The summed E-state index contributed by atoms with van der Waals surface area (Å²) in [5.74, 6) is -0.880. The zero-order valence-electron chi connectivity index (χ0n) is 8.71. The van der Waals surface area contributed by atoms with Gasteiger partial charge in [0.15, 0.2) is 5.69 Å². The van der Waals surface area contributed by atoms with Gasteiger partial charge in [0.1, 0.15) is 11.2 Å². The molecule has 0 fully saturated rings. The highest BCUT2D eigenvalue weighted by Gasteiger charge is 2.21. The number of esters is 1. The van der Waals surface area contributed by atoms with Crippen LogP contribution in [0.25, 0.3) is 0 Å². The Labute approximate surface area is 101 Å². The van der Waals surface area contributed by atoms with E-state index in [2.05, 4.69) is 9.72 Å². The Morgan fingerprint density at radius 1 is 1.71 bits per heavy atom. The fourth-order valence-corrected chi connectivity index (χ4v) is 1.33. The molecule has 0 aliphatic rings. The molecule has 7 heteroatoms. The number of nitrogens with zero attached hydrogens (tertiary/aromatic N) is 2. The maximum atomic E-state index is 12.5. The molecule has 4 nitrogen and oxygen atoms in total. The topological polar surface area (TPSA) is 63.0 Å². The first-order valence-corrected chi connectivity index (χ1v) is 4.94. The van der Waals surface area contributed by atoms with Crippen molar-refractivity contribution in [2.24, 2.45) is 0 Å². The van der Waals surface area contributed by atoms with Crippen molar-refractivity contribution in [3.05, 3.63) is 28.0 Å². The minimum Gasteiger partial charge on any atom is -0.462 e. The Balaban J connectivity index is 3.32. The molecular weight excluding hydrogens is 254 g/mol. The number of carbonyl (C=O) groups is 1. The highest BCUT2D eigenvalue weighted by atomic mass is 35.5. The monoisotopic (exact) mass is 260 g/mol. The number of halogens is 3. The number of hydrogen-bond donors (Lipinski definition) is 0. The number of pyridine rings is 1. The summed E-state index contributed by atoms with van der Waals surface area (Å²) in [6.07, 6.45) is -2.88. The van der Waals surface area contributed by atoms with E-state index in [1.807, 2.05) is 0 Å². The van der Waals surface area contributed by atoms with Crippen LogP contribution in [0, 0.1) is 11.3 Å². The summed E-state index contributed by atoms with van der Waals surface area (Å²) in [5.41, 5.74) is -1.25. The second-order valence-corrected chi connectivity index (χ2v) is 3.26. The molecule has 1 heterocycles. The predicted octanol–water partition coefficient (Wildman–Crippen LogP) is 2.72. The summed E-state index contributed by atoms with van der Waals surface area (Å²) >= 11 is 5.46. The Morgan fingerprint density at radius 3 is 2.82 bits per heavy atom. The van der Waals surface area contributed by atoms with Crippen LogP contribution < -0.4 is 0 Å². The van der Waals surface area contributed by atoms with Crippen LogP contribution >= 0.6 is 11.6 Å². The number of carbonyl (C=O) groups excluding carboxylic acids is 1. The molecule has 90 valence electrons. The number of ether oxygens (including phenoxy) is 1. The molecule has 0 saturated heterocycles. The first-order valence-electron chi connectivity index (χ1n) is 4.57. The lowest BCUT2D eigenvalue weighted by Crippen LogP contribution is -2.10. The molecule has 0 saturated carbocycles.